The lowest BCUT2D eigenvalue weighted by Crippen LogP contribution is -2.30. The van der Waals surface area contributed by atoms with Gasteiger partial charge >= 0.3 is 0 Å². The number of halogens is 1. The Kier molecular flexibility index (Phi) is 6.63. The number of sulfonamides is 1. The molecule has 0 bridgehead atoms. The van der Waals surface area contributed by atoms with Gasteiger partial charge in [0.1, 0.15) is 11.5 Å². The smallest absolute Gasteiger partial charge is 0.248 e. The van der Waals surface area contributed by atoms with E-state index in [1.54, 1.807) is 32.9 Å². The third kappa shape index (κ3) is 4.75. The highest BCUT2D eigenvalue weighted by molar-refractivity contribution is 7.89. The largest absolute Gasteiger partial charge is 0.462 e. The lowest BCUT2D eigenvalue weighted by Gasteiger charge is -2.19. The van der Waals surface area contributed by atoms with Crippen molar-refractivity contribution >= 4 is 39.3 Å². The van der Waals surface area contributed by atoms with Crippen LogP contribution in [0.3, 0.4) is 0 Å². The number of hydrogen-bond acceptors (Lipinski definition) is 4. The number of nitrogens with one attached hydrogen (secondary N) is 1. The number of anilines is 1. The zero-order chi connectivity index (χ0) is 19.3. The van der Waals surface area contributed by atoms with Gasteiger partial charge in [-0.15, -0.1) is 0 Å². The Balaban J connectivity index is 2.22. The standard InChI is InChI=1S/C18H21ClN2O4S/c1-4-21(5-2)26(23,24)15-9-10-16(19)17(12-15)20-18(22)11-8-14-7-6-13(3)25-14/h6-12H,4-5H2,1-3H3,(H,20,22)/b11-8+. The van der Waals surface area contributed by atoms with Gasteiger partial charge in [-0.05, 0) is 43.3 Å². The first kappa shape index (κ1) is 20.2. The molecule has 0 fully saturated rings. The zero-order valence-electron chi connectivity index (χ0n) is 14.8. The molecule has 2 rings (SSSR count). The van der Waals surface area contributed by atoms with Crippen LogP contribution in [0.15, 0.2) is 45.7 Å². The van der Waals surface area contributed by atoms with Crippen LogP contribution in [-0.2, 0) is 14.8 Å². The zero-order valence-corrected chi connectivity index (χ0v) is 16.4. The summed E-state index contributed by atoms with van der Waals surface area (Å²) in [6, 6.07) is 7.76. The van der Waals surface area contributed by atoms with Gasteiger partial charge in [0.2, 0.25) is 15.9 Å². The molecule has 1 N–H and O–H groups in total. The Morgan fingerprint density at radius 3 is 2.50 bits per heavy atom. The number of rotatable bonds is 7. The molecular formula is C18H21ClN2O4S. The van der Waals surface area contributed by atoms with Crippen LogP contribution in [0.2, 0.25) is 5.02 Å². The van der Waals surface area contributed by atoms with E-state index in [9.17, 15) is 13.2 Å². The molecule has 1 heterocycles. The van der Waals surface area contributed by atoms with Gasteiger partial charge in [-0.25, -0.2) is 8.42 Å². The van der Waals surface area contributed by atoms with Gasteiger partial charge < -0.3 is 9.73 Å². The molecule has 2 aromatic rings. The molecule has 0 aliphatic rings. The maximum atomic E-state index is 12.6. The van der Waals surface area contributed by atoms with Crippen LogP contribution in [0.1, 0.15) is 25.4 Å². The van der Waals surface area contributed by atoms with Crippen molar-refractivity contribution < 1.29 is 17.6 Å². The first-order valence-corrected chi connectivity index (χ1v) is 9.95. The van der Waals surface area contributed by atoms with E-state index >= 15 is 0 Å². The molecule has 8 heteroatoms. The number of amides is 1. The second-order valence-corrected chi connectivity index (χ2v) is 7.85. The lowest BCUT2D eigenvalue weighted by atomic mass is 10.3. The molecule has 1 aromatic heterocycles. The average Bonchev–Trinajstić information content (AvgIpc) is 3.01. The molecule has 0 radical (unpaired) electrons. The topological polar surface area (TPSA) is 79.6 Å². The van der Waals surface area contributed by atoms with Crippen molar-refractivity contribution in [2.75, 3.05) is 18.4 Å². The molecule has 0 saturated carbocycles. The quantitative estimate of drug-likeness (QED) is 0.719. The van der Waals surface area contributed by atoms with E-state index in [0.717, 1.165) is 5.76 Å². The van der Waals surface area contributed by atoms with E-state index < -0.39 is 15.9 Å². The van der Waals surface area contributed by atoms with Crippen LogP contribution in [0.25, 0.3) is 6.08 Å². The molecule has 0 aliphatic carbocycles. The Labute approximate surface area is 158 Å². The van der Waals surface area contributed by atoms with E-state index in [2.05, 4.69) is 5.32 Å². The molecule has 1 aromatic carbocycles. The summed E-state index contributed by atoms with van der Waals surface area (Å²) in [6.45, 7) is 6.05. The summed E-state index contributed by atoms with van der Waals surface area (Å²) in [4.78, 5) is 12.2. The third-order valence-electron chi connectivity index (χ3n) is 3.70. The number of hydrogen-bond donors (Lipinski definition) is 1. The Morgan fingerprint density at radius 2 is 1.92 bits per heavy atom. The van der Waals surface area contributed by atoms with Gasteiger partial charge in [0, 0.05) is 19.2 Å². The van der Waals surface area contributed by atoms with Crippen LogP contribution in [0.4, 0.5) is 5.69 Å². The van der Waals surface area contributed by atoms with Crippen molar-refractivity contribution in [1.29, 1.82) is 0 Å². The highest BCUT2D eigenvalue weighted by Gasteiger charge is 2.22. The Hall–Kier alpha value is -2.09. The van der Waals surface area contributed by atoms with Crippen molar-refractivity contribution in [1.82, 2.24) is 4.31 Å². The van der Waals surface area contributed by atoms with Crippen LogP contribution < -0.4 is 5.32 Å². The molecule has 1 amide bonds. The number of benzene rings is 1. The maximum absolute atomic E-state index is 12.6. The molecule has 0 aliphatic heterocycles. The fraction of sp³-hybridized carbons (Fsp3) is 0.278. The van der Waals surface area contributed by atoms with Crippen molar-refractivity contribution in [2.24, 2.45) is 0 Å². The van der Waals surface area contributed by atoms with Crippen molar-refractivity contribution in [3.63, 3.8) is 0 Å². The van der Waals surface area contributed by atoms with Gasteiger partial charge in [-0.1, -0.05) is 25.4 Å². The maximum Gasteiger partial charge on any atom is 0.248 e. The van der Waals surface area contributed by atoms with Crippen molar-refractivity contribution in [3.8, 4) is 0 Å². The fourth-order valence-electron chi connectivity index (χ4n) is 2.35. The van der Waals surface area contributed by atoms with E-state index in [4.69, 9.17) is 16.0 Å². The van der Waals surface area contributed by atoms with Gasteiger partial charge in [0.25, 0.3) is 0 Å². The van der Waals surface area contributed by atoms with E-state index in [-0.39, 0.29) is 15.6 Å². The van der Waals surface area contributed by atoms with Crippen LogP contribution in [0.5, 0.6) is 0 Å². The van der Waals surface area contributed by atoms with Crippen LogP contribution >= 0.6 is 11.6 Å². The first-order valence-electron chi connectivity index (χ1n) is 8.13. The minimum Gasteiger partial charge on any atom is -0.462 e. The SMILES string of the molecule is CCN(CC)S(=O)(=O)c1ccc(Cl)c(NC(=O)/C=C/c2ccc(C)o2)c1. The second-order valence-electron chi connectivity index (χ2n) is 5.50. The summed E-state index contributed by atoms with van der Waals surface area (Å²) < 4.78 is 31.9. The normalized spacial score (nSPS) is 12.0. The minimum atomic E-state index is -3.64. The van der Waals surface area contributed by atoms with Crippen molar-refractivity contribution in [3.05, 3.63) is 53.0 Å². The van der Waals surface area contributed by atoms with Gasteiger partial charge in [0.05, 0.1) is 15.6 Å². The monoisotopic (exact) mass is 396 g/mol. The first-order chi connectivity index (χ1) is 12.3. The number of aryl methyl sites for hydroxylation is 1. The molecule has 140 valence electrons. The van der Waals surface area contributed by atoms with E-state index in [1.165, 1.54) is 34.7 Å². The summed E-state index contributed by atoms with van der Waals surface area (Å²) in [6.07, 6.45) is 2.81. The summed E-state index contributed by atoms with van der Waals surface area (Å²) in [5, 5.41) is 2.84. The summed E-state index contributed by atoms with van der Waals surface area (Å²) >= 11 is 6.09. The number of nitrogens with zero attached hydrogens (tertiary/aromatic N) is 1. The summed E-state index contributed by atoms with van der Waals surface area (Å²) in [7, 11) is -3.64. The van der Waals surface area contributed by atoms with Gasteiger partial charge in [0.15, 0.2) is 0 Å². The van der Waals surface area contributed by atoms with Crippen LogP contribution in [0, 0.1) is 6.92 Å². The Morgan fingerprint density at radius 1 is 1.23 bits per heavy atom. The van der Waals surface area contributed by atoms with Crippen molar-refractivity contribution in [2.45, 2.75) is 25.7 Å². The molecular weight excluding hydrogens is 376 g/mol. The summed E-state index contributed by atoms with van der Waals surface area (Å²) in [5.41, 5.74) is 0.227. The Bertz CT molecular complexity index is 915. The molecule has 26 heavy (non-hydrogen) atoms. The third-order valence-corrected chi connectivity index (χ3v) is 6.07. The predicted molar refractivity (Wildman–Crippen MR) is 103 cm³/mol. The van der Waals surface area contributed by atoms with Gasteiger partial charge in [-0.3, -0.25) is 4.79 Å². The molecule has 0 spiro atoms. The highest BCUT2D eigenvalue weighted by Crippen LogP contribution is 2.27. The molecule has 6 nitrogen and oxygen atoms in total. The van der Waals surface area contributed by atoms with E-state index in [1.807, 2.05) is 0 Å². The van der Waals surface area contributed by atoms with Crippen LogP contribution in [-0.4, -0.2) is 31.7 Å². The number of furan rings is 1. The summed E-state index contributed by atoms with van der Waals surface area (Å²) in [5.74, 6) is 0.836. The minimum absolute atomic E-state index is 0.0755. The van der Waals surface area contributed by atoms with Gasteiger partial charge in [-0.2, -0.15) is 4.31 Å². The predicted octanol–water partition coefficient (Wildman–Crippen LogP) is 3.92. The lowest BCUT2D eigenvalue weighted by molar-refractivity contribution is -0.111. The molecule has 0 unspecified atom stereocenters. The average molecular weight is 397 g/mol. The fourth-order valence-corrected chi connectivity index (χ4v) is 4.00. The number of carbonyl (C=O) groups is 1. The molecule has 0 atom stereocenters. The second kappa shape index (κ2) is 8.53. The molecule has 0 saturated heterocycles. The van der Waals surface area contributed by atoms with E-state index in [0.29, 0.717) is 18.8 Å². The highest BCUT2D eigenvalue weighted by atomic mass is 35.5. The number of carbonyl (C=O) groups excluding carboxylic acids is 1.